The van der Waals surface area contributed by atoms with Gasteiger partial charge in [0.25, 0.3) is 5.91 Å². The number of benzene rings is 2. The van der Waals surface area contributed by atoms with Crippen LogP contribution in [0.2, 0.25) is 0 Å². The van der Waals surface area contributed by atoms with E-state index in [2.05, 4.69) is 10.6 Å². The third-order valence-electron chi connectivity index (χ3n) is 3.97. The Hall–Kier alpha value is -3.75. The molecule has 2 aromatic carbocycles. The fraction of sp³-hybridized carbons (Fsp3) is 0.250. The molecule has 0 aromatic heterocycles. The van der Waals surface area contributed by atoms with E-state index in [9.17, 15) is 14.4 Å². The van der Waals surface area contributed by atoms with Crippen molar-refractivity contribution in [1.29, 1.82) is 0 Å². The molecule has 3 rings (SSSR count). The lowest BCUT2D eigenvalue weighted by Gasteiger charge is -2.26. The van der Waals surface area contributed by atoms with Crippen LogP contribution in [-0.4, -0.2) is 50.9 Å². The molecule has 9 nitrogen and oxygen atoms in total. The summed E-state index contributed by atoms with van der Waals surface area (Å²) in [7, 11) is 1.42. The molecule has 0 saturated heterocycles. The van der Waals surface area contributed by atoms with Gasteiger partial charge in [-0.3, -0.25) is 10.1 Å². The number of fused-ring (bicyclic) bond motifs is 1. The molecule has 152 valence electrons. The number of hydrogen-bond donors (Lipinski definition) is 2. The number of hydrogen-bond acceptors (Lipinski definition) is 7. The van der Waals surface area contributed by atoms with Crippen LogP contribution < -0.4 is 24.8 Å². The number of imide groups is 1. The molecule has 1 heterocycles. The van der Waals surface area contributed by atoms with Gasteiger partial charge in [-0.25, -0.2) is 9.59 Å². The average Bonchev–Trinajstić information content (AvgIpc) is 2.75. The third kappa shape index (κ3) is 5.38. The molecule has 0 aliphatic carbocycles. The second-order valence-corrected chi connectivity index (χ2v) is 6.03. The van der Waals surface area contributed by atoms with Gasteiger partial charge in [0, 0.05) is 0 Å². The van der Waals surface area contributed by atoms with Gasteiger partial charge in [-0.2, -0.15) is 0 Å². The quantitative estimate of drug-likeness (QED) is 0.707. The van der Waals surface area contributed by atoms with Gasteiger partial charge in [-0.15, -0.1) is 0 Å². The number of carbonyl (C=O) groups excluding carboxylic acids is 3. The summed E-state index contributed by atoms with van der Waals surface area (Å²) in [6.45, 7) is -0.211. The number of amides is 3. The summed E-state index contributed by atoms with van der Waals surface area (Å²) in [6, 6.07) is 12.9. The molecule has 29 heavy (non-hydrogen) atoms. The molecule has 1 unspecified atom stereocenters. The maximum atomic E-state index is 12.0. The fourth-order valence-corrected chi connectivity index (χ4v) is 2.60. The zero-order chi connectivity index (χ0) is 20.6. The zero-order valence-corrected chi connectivity index (χ0v) is 15.7. The number of carbonyl (C=O) groups is 3. The molecule has 2 N–H and O–H groups in total. The number of urea groups is 1. The normalized spacial score (nSPS) is 14.4. The van der Waals surface area contributed by atoms with Crippen LogP contribution in [0.25, 0.3) is 0 Å². The van der Waals surface area contributed by atoms with E-state index in [0.717, 1.165) is 0 Å². The molecule has 0 bridgehead atoms. The lowest BCUT2D eigenvalue weighted by molar-refractivity contribution is -0.123. The second-order valence-electron chi connectivity index (χ2n) is 6.03. The minimum absolute atomic E-state index is 0.133. The van der Waals surface area contributed by atoms with Crippen LogP contribution in [0.15, 0.2) is 48.5 Å². The average molecular weight is 400 g/mol. The Kier molecular flexibility index (Phi) is 6.51. The Morgan fingerprint density at radius 1 is 1.07 bits per heavy atom. The van der Waals surface area contributed by atoms with Gasteiger partial charge in [0.05, 0.1) is 13.7 Å². The van der Waals surface area contributed by atoms with Gasteiger partial charge >= 0.3 is 12.0 Å². The summed E-state index contributed by atoms with van der Waals surface area (Å²) in [4.78, 5) is 35.7. The number of methoxy groups -OCH3 is 1. The van der Waals surface area contributed by atoms with Gasteiger partial charge in [0.15, 0.2) is 24.2 Å². The van der Waals surface area contributed by atoms with E-state index in [1.807, 2.05) is 12.1 Å². The van der Waals surface area contributed by atoms with Gasteiger partial charge in [0.1, 0.15) is 17.9 Å². The highest BCUT2D eigenvalue weighted by molar-refractivity contribution is 5.97. The zero-order valence-electron chi connectivity index (χ0n) is 15.7. The van der Waals surface area contributed by atoms with Crippen molar-refractivity contribution in [2.45, 2.75) is 6.10 Å². The van der Waals surface area contributed by atoms with Gasteiger partial charge < -0.3 is 24.3 Å². The third-order valence-corrected chi connectivity index (χ3v) is 3.97. The second kappa shape index (κ2) is 9.45. The minimum atomic E-state index is -0.767. The Labute approximate surface area is 166 Å². The highest BCUT2D eigenvalue weighted by Gasteiger charge is 2.21. The summed E-state index contributed by atoms with van der Waals surface area (Å²) in [5.41, 5.74) is 0.182. The summed E-state index contributed by atoms with van der Waals surface area (Å²) in [5.74, 6) is 0.0544. The molecule has 0 saturated carbocycles. The fourth-order valence-electron chi connectivity index (χ4n) is 2.60. The predicted molar refractivity (Wildman–Crippen MR) is 101 cm³/mol. The highest BCUT2D eigenvalue weighted by Crippen LogP contribution is 2.30. The van der Waals surface area contributed by atoms with E-state index < -0.39 is 30.6 Å². The van der Waals surface area contributed by atoms with Crippen LogP contribution in [0.5, 0.6) is 17.2 Å². The molecule has 1 aliphatic heterocycles. The van der Waals surface area contributed by atoms with Crippen molar-refractivity contribution in [2.24, 2.45) is 0 Å². The maximum absolute atomic E-state index is 12.0. The SMILES string of the molecule is COc1ccccc1C(=O)OCC(=O)NC(=O)NCC1COc2ccccc2O1. The molecule has 9 heteroatoms. The molecule has 3 amide bonds. The molecule has 0 radical (unpaired) electrons. The van der Waals surface area contributed by atoms with Crippen LogP contribution in [0, 0.1) is 0 Å². The summed E-state index contributed by atoms with van der Waals surface area (Å²) in [5, 5.41) is 4.60. The summed E-state index contributed by atoms with van der Waals surface area (Å²) < 4.78 is 21.2. The van der Waals surface area contributed by atoms with Gasteiger partial charge in [-0.1, -0.05) is 24.3 Å². The van der Waals surface area contributed by atoms with Crippen molar-refractivity contribution < 1.29 is 33.3 Å². The van der Waals surface area contributed by atoms with Crippen molar-refractivity contribution in [3.63, 3.8) is 0 Å². The van der Waals surface area contributed by atoms with Crippen LogP contribution in [0.1, 0.15) is 10.4 Å². The maximum Gasteiger partial charge on any atom is 0.342 e. The Morgan fingerprint density at radius 2 is 1.79 bits per heavy atom. The molecule has 1 aliphatic rings. The van der Waals surface area contributed by atoms with E-state index in [1.54, 1.807) is 30.3 Å². The number of rotatable bonds is 6. The number of nitrogens with one attached hydrogen (secondary N) is 2. The highest BCUT2D eigenvalue weighted by atomic mass is 16.6. The minimum Gasteiger partial charge on any atom is -0.496 e. The van der Waals surface area contributed by atoms with Gasteiger partial charge in [-0.05, 0) is 24.3 Å². The number of para-hydroxylation sites is 3. The van der Waals surface area contributed by atoms with Crippen molar-refractivity contribution in [2.75, 3.05) is 26.9 Å². The Morgan fingerprint density at radius 3 is 2.59 bits per heavy atom. The monoisotopic (exact) mass is 400 g/mol. The van der Waals surface area contributed by atoms with Crippen LogP contribution in [0.4, 0.5) is 4.79 Å². The molecular formula is C20H20N2O7. The van der Waals surface area contributed by atoms with Crippen molar-refractivity contribution >= 4 is 17.9 Å². The Bertz CT molecular complexity index is 900. The lowest BCUT2D eigenvalue weighted by atomic mass is 10.2. The number of esters is 1. The van der Waals surface area contributed by atoms with E-state index in [1.165, 1.54) is 13.2 Å². The lowest BCUT2D eigenvalue weighted by Crippen LogP contribution is -2.46. The first-order valence-corrected chi connectivity index (χ1v) is 8.83. The van der Waals surface area contributed by atoms with Crippen LogP contribution >= 0.6 is 0 Å². The van der Waals surface area contributed by atoms with Crippen LogP contribution in [0.3, 0.4) is 0 Å². The van der Waals surface area contributed by atoms with E-state index in [0.29, 0.717) is 17.2 Å². The van der Waals surface area contributed by atoms with E-state index >= 15 is 0 Å². The Balaban J connectivity index is 1.39. The topological polar surface area (TPSA) is 112 Å². The van der Waals surface area contributed by atoms with Crippen molar-refractivity contribution in [3.8, 4) is 17.2 Å². The molecular weight excluding hydrogens is 380 g/mol. The predicted octanol–water partition coefficient (Wildman–Crippen LogP) is 1.52. The molecule has 0 spiro atoms. The number of ether oxygens (including phenoxy) is 4. The molecule has 2 aromatic rings. The van der Waals surface area contributed by atoms with Crippen LogP contribution in [-0.2, 0) is 9.53 Å². The largest absolute Gasteiger partial charge is 0.496 e. The van der Waals surface area contributed by atoms with E-state index in [-0.39, 0.29) is 18.7 Å². The standard InChI is InChI=1S/C20H20N2O7/c1-26-15-7-3-2-6-14(15)19(24)28-12-18(23)22-20(25)21-10-13-11-27-16-8-4-5-9-17(16)29-13/h2-9,13H,10-12H2,1H3,(H2,21,22,23,25). The van der Waals surface area contributed by atoms with E-state index in [4.69, 9.17) is 18.9 Å². The van der Waals surface area contributed by atoms with Crippen molar-refractivity contribution in [1.82, 2.24) is 10.6 Å². The first-order chi connectivity index (χ1) is 14.1. The molecule has 0 fully saturated rings. The first-order valence-electron chi connectivity index (χ1n) is 8.83. The molecule has 1 atom stereocenters. The smallest absolute Gasteiger partial charge is 0.342 e. The summed E-state index contributed by atoms with van der Waals surface area (Å²) >= 11 is 0. The van der Waals surface area contributed by atoms with Gasteiger partial charge in [0.2, 0.25) is 0 Å². The van der Waals surface area contributed by atoms with Crippen molar-refractivity contribution in [3.05, 3.63) is 54.1 Å². The first kappa shape index (κ1) is 20.0. The summed E-state index contributed by atoms with van der Waals surface area (Å²) in [6.07, 6.45) is -0.394.